The van der Waals surface area contributed by atoms with Gasteiger partial charge in [0.1, 0.15) is 31.6 Å². The number of anilines is 1. The smallest absolute Gasteiger partial charge is 0.264 e. The predicted octanol–water partition coefficient (Wildman–Crippen LogP) is 5.04. The number of carbonyl (C=O) groups excluding carboxylic acids is 2. The molecule has 1 atom stereocenters. The highest BCUT2D eigenvalue weighted by atomic mass is 35.5. The van der Waals surface area contributed by atoms with E-state index in [1.807, 2.05) is 0 Å². The molecule has 0 aromatic heterocycles. The molecule has 42 heavy (non-hydrogen) atoms. The minimum Gasteiger partial charge on any atom is -0.486 e. The third-order valence-electron chi connectivity index (χ3n) is 6.62. The van der Waals surface area contributed by atoms with Crippen molar-refractivity contribution in [3.63, 3.8) is 0 Å². The Labute approximate surface area is 254 Å². The van der Waals surface area contributed by atoms with Crippen LogP contribution in [0.5, 0.6) is 11.5 Å². The zero-order valence-electron chi connectivity index (χ0n) is 23.0. The lowest BCUT2D eigenvalue weighted by molar-refractivity contribution is -0.140. The Morgan fingerprint density at radius 3 is 2.24 bits per heavy atom. The first-order valence-corrected chi connectivity index (χ1v) is 15.4. The van der Waals surface area contributed by atoms with Gasteiger partial charge in [-0.2, -0.15) is 0 Å². The molecule has 0 saturated carbocycles. The van der Waals surface area contributed by atoms with Crippen molar-refractivity contribution in [1.29, 1.82) is 0 Å². The van der Waals surface area contributed by atoms with Crippen LogP contribution in [0.25, 0.3) is 0 Å². The van der Waals surface area contributed by atoms with E-state index in [2.05, 4.69) is 5.32 Å². The average Bonchev–Trinajstić information content (AvgIpc) is 2.97. The van der Waals surface area contributed by atoms with Crippen molar-refractivity contribution in [3.8, 4) is 11.5 Å². The lowest BCUT2D eigenvalue weighted by Crippen LogP contribution is -2.52. The molecular formula is C29H30Cl2FN3O6S. The van der Waals surface area contributed by atoms with E-state index in [-0.39, 0.29) is 46.0 Å². The van der Waals surface area contributed by atoms with E-state index >= 15 is 0 Å². The van der Waals surface area contributed by atoms with Crippen molar-refractivity contribution in [2.75, 3.05) is 30.6 Å². The molecule has 0 saturated heterocycles. The van der Waals surface area contributed by atoms with Crippen LogP contribution in [0.4, 0.5) is 10.1 Å². The van der Waals surface area contributed by atoms with Crippen LogP contribution in [0.3, 0.4) is 0 Å². The molecule has 2 amide bonds. The molecule has 13 heteroatoms. The van der Waals surface area contributed by atoms with Crippen molar-refractivity contribution in [2.24, 2.45) is 0 Å². The number of rotatable bonds is 11. The number of nitrogens with one attached hydrogen (secondary N) is 1. The summed E-state index contributed by atoms with van der Waals surface area (Å²) in [4.78, 5) is 28.2. The van der Waals surface area contributed by atoms with Crippen molar-refractivity contribution in [1.82, 2.24) is 10.2 Å². The molecular weight excluding hydrogens is 608 g/mol. The number of nitrogens with zero attached hydrogens (tertiary/aromatic N) is 2. The lowest BCUT2D eigenvalue weighted by atomic mass is 10.1. The van der Waals surface area contributed by atoms with Gasteiger partial charge in [0.2, 0.25) is 11.8 Å². The van der Waals surface area contributed by atoms with Crippen LogP contribution in [0.2, 0.25) is 10.0 Å². The van der Waals surface area contributed by atoms with Gasteiger partial charge >= 0.3 is 0 Å². The van der Waals surface area contributed by atoms with Crippen molar-refractivity contribution in [2.45, 2.75) is 37.8 Å². The summed E-state index contributed by atoms with van der Waals surface area (Å²) < 4.78 is 53.9. The molecule has 1 unspecified atom stereocenters. The summed E-state index contributed by atoms with van der Waals surface area (Å²) in [7, 11) is -4.41. The first-order valence-electron chi connectivity index (χ1n) is 13.2. The molecule has 1 N–H and O–H groups in total. The zero-order valence-corrected chi connectivity index (χ0v) is 25.3. The minimum atomic E-state index is -4.41. The van der Waals surface area contributed by atoms with Gasteiger partial charge in [0.05, 0.1) is 10.6 Å². The Morgan fingerprint density at radius 2 is 1.62 bits per heavy atom. The summed E-state index contributed by atoms with van der Waals surface area (Å²) in [6, 6.07) is 12.7. The summed E-state index contributed by atoms with van der Waals surface area (Å²) in [5.41, 5.74) is 0.446. The number of benzene rings is 3. The lowest BCUT2D eigenvalue weighted by Gasteiger charge is -2.33. The fourth-order valence-corrected chi connectivity index (χ4v) is 6.46. The first kappa shape index (κ1) is 31.4. The van der Waals surface area contributed by atoms with E-state index in [9.17, 15) is 22.4 Å². The van der Waals surface area contributed by atoms with Crippen molar-refractivity contribution >= 4 is 50.7 Å². The van der Waals surface area contributed by atoms with Gasteiger partial charge in [0.25, 0.3) is 10.0 Å². The Kier molecular flexibility index (Phi) is 10.2. The summed E-state index contributed by atoms with van der Waals surface area (Å²) in [5.74, 6) is -1.07. The molecule has 9 nitrogen and oxygen atoms in total. The second-order valence-corrected chi connectivity index (χ2v) is 12.0. The number of ether oxygens (including phenoxy) is 2. The van der Waals surface area contributed by atoms with Gasteiger partial charge in [-0.25, -0.2) is 12.8 Å². The van der Waals surface area contributed by atoms with Crippen molar-refractivity contribution in [3.05, 3.63) is 82.1 Å². The maximum atomic E-state index is 14.1. The second kappa shape index (κ2) is 13.6. The van der Waals surface area contributed by atoms with Crippen molar-refractivity contribution < 1.29 is 31.9 Å². The van der Waals surface area contributed by atoms with E-state index < -0.39 is 40.2 Å². The largest absolute Gasteiger partial charge is 0.486 e. The van der Waals surface area contributed by atoms with Gasteiger partial charge < -0.3 is 19.7 Å². The monoisotopic (exact) mass is 637 g/mol. The van der Waals surface area contributed by atoms with E-state index in [1.54, 1.807) is 32.0 Å². The molecule has 0 spiro atoms. The molecule has 1 aliphatic heterocycles. The molecule has 0 radical (unpaired) electrons. The van der Waals surface area contributed by atoms with Crippen LogP contribution in [-0.4, -0.2) is 57.5 Å². The SMILES string of the molecule is CCNC(=O)C(CC)N(Cc1c(Cl)cccc1Cl)C(=O)CN(c1ccc(F)cc1)S(=O)(=O)c1ccc2c(c1)OCCO2. The topological polar surface area (TPSA) is 105 Å². The molecule has 4 rings (SSSR count). The Morgan fingerprint density at radius 1 is 0.976 bits per heavy atom. The van der Waals surface area contributed by atoms with Crippen LogP contribution >= 0.6 is 23.2 Å². The van der Waals surface area contributed by atoms with Gasteiger partial charge in [-0.15, -0.1) is 0 Å². The molecule has 1 aliphatic rings. The molecule has 3 aromatic rings. The summed E-state index contributed by atoms with van der Waals surface area (Å²) in [6.07, 6.45) is 0.227. The fourth-order valence-electron chi connectivity index (χ4n) is 4.51. The third-order valence-corrected chi connectivity index (χ3v) is 9.10. The summed E-state index contributed by atoms with van der Waals surface area (Å²) >= 11 is 12.8. The van der Waals surface area contributed by atoms with Crippen LogP contribution in [0.15, 0.2) is 65.6 Å². The Hall–Kier alpha value is -3.54. The number of hydrogen-bond acceptors (Lipinski definition) is 6. The highest BCUT2D eigenvalue weighted by molar-refractivity contribution is 7.92. The van der Waals surface area contributed by atoms with Gasteiger partial charge in [-0.3, -0.25) is 13.9 Å². The van der Waals surface area contributed by atoms with Gasteiger partial charge in [0.15, 0.2) is 11.5 Å². The summed E-state index contributed by atoms with van der Waals surface area (Å²) in [5, 5.41) is 3.29. The quantitative estimate of drug-likeness (QED) is 0.316. The van der Waals surface area contributed by atoms with Gasteiger partial charge in [-0.1, -0.05) is 36.2 Å². The number of hydrogen-bond donors (Lipinski definition) is 1. The number of fused-ring (bicyclic) bond motifs is 1. The zero-order chi connectivity index (χ0) is 30.4. The highest BCUT2D eigenvalue weighted by Crippen LogP contribution is 2.35. The molecule has 0 fully saturated rings. The van der Waals surface area contributed by atoms with E-state index in [0.29, 0.717) is 24.5 Å². The highest BCUT2D eigenvalue weighted by Gasteiger charge is 2.34. The molecule has 3 aromatic carbocycles. The standard InChI is InChI=1S/C29H30Cl2FN3O6S/c1-3-25(29(37)33-4-2)34(17-22-23(30)6-5-7-24(22)31)28(36)18-35(20-10-8-19(32)9-11-20)42(38,39)21-12-13-26-27(16-21)41-15-14-40-26/h5-13,16,25H,3-4,14-15,17-18H2,1-2H3,(H,33,37). The number of halogens is 3. The van der Waals surface area contributed by atoms with E-state index in [0.717, 1.165) is 16.4 Å². The second-order valence-electron chi connectivity index (χ2n) is 9.33. The number of amides is 2. The van der Waals surface area contributed by atoms with Gasteiger partial charge in [0, 0.05) is 34.8 Å². The normalized spacial score (nSPS) is 13.3. The first-order chi connectivity index (χ1) is 20.1. The molecule has 224 valence electrons. The minimum absolute atomic E-state index is 0.0430. The fraction of sp³-hybridized carbons (Fsp3) is 0.310. The van der Waals surface area contributed by atoms with Crippen LogP contribution < -0.4 is 19.1 Å². The number of likely N-dealkylation sites (N-methyl/N-ethyl adjacent to an activating group) is 1. The maximum Gasteiger partial charge on any atom is 0.264 e. The molecule has 0 aliphatic carbocycles. The van der Waals surface area contributed by atoms with E-state index in [4.69, 9.17) is 32.7 Å². The Balaban J connectivity index is 1.77. The van der Waals surface area contributed by atoms with Crippen LogP contribution in [0.1, 0.15) is 25.8 Å². The molecule has 0 bridgehead atoms. The number of sulfonamides is 1. The molecule has 1 heterocycles. The average molecular weight is 639 g/mol. The predicted molar refractivity (Wildman–Crippen MR) is 158 cm³/mol. The summed E-state index contributed by atoms with van der Waals surface area (Å²) in [6.45, 7) is 3.51. The number of carbonyl (C=O) groups is 2. The van der Waals surface area contributed by atoms with Crippen LogP contribution in [-0.2, 0) is 26.2 Å². The maximum absolute atomic E-state index is 14.1. The van der Waals surface area contributed by atoms with Crippen LogP contribution in [0, 0.1) is 5.82 Å². The van der Waals surface area contributed by atoms with Gasteiger partial charge in [-0.05, 0) is 61.9 Å². The van der Waals surface area contributed by atoms with E-state index in [1.165, 1.54) is 35.2 Å². The Bertz CT molecular complexity index is 1540. The third kappa shape index (κ3) is 6.91.